The Balaban J connectivity index is 1.86. The van der Waals surface area contributed by atoms with E-state index in [1.807, 2.05) is 0 Å². The number of rotatable bonds is 10. The van der Waals surface area contributed by atoms with Gasteiger partial charge in [-0.15, -0.1) is 0 Å². The second-order valence-corrected chi connectivity index (χ2v) is 4.80. The summed E-state index contributed by atoms with van der Waals surface area (Å²) in [5, 5.41) is 13.0. The Hall–Kier alpha value is -0.200. The highest BCUT2D eigenvalue weighted by Crippen LogP contribution is 2.13. The molecule has 0 aliphatic carbocycles. The first-order valence-corrected chi connectivity index (χ1v) is 6.86. The SMILES string of the molecule is COCCOCC(O)COCCC1CCCNC1. The molecule has 1 fully saturated rings. The quantitative estimate of drug-likeness (QED) is 0.558. The Morgan fingerprint density at radius 3 is 2.67 bits per heavy atom. The van der Waals surface area contributed by atoms with Crippen molar-refractivity contribution in [3.05, 3.63) is 0 Å². The van der Waals surface area contributed by atoms with Crippen LogP contribution >= 0.6 is 0 Å². The molecule has 0 radical (unpaired) electrons. The summed E-state index contributed by atoms with van der Waals surface area (Å²) in [5.41, 5.74) is 0. The van der Waals surface area contributed by atoms with Gasteiger partial charge >= 0.3 is 0 Å². The van der Waals surface area contributed by atoms with Gasteiger partial charge in [0.25, 0.3) is 0 Å². The average molecular weight is 261 g/mol. The maximum absolute atomic E-state index is 9.58. The number of methoxy groups -OCH3 is 1. The molecule has 1 rings (SSSR count). The van der Waals surface area contributed by atoms with Crippen LogP contribution in [0.25, 0.3) is 0 Å². The van der Waals surface area contributed by atoms with E-state index in [0.29, 0.717) is 26.4 Å². The summed E-state index contributed by atoms with van der Waals surface area (Å²) in [6, 6.07) is 0. The fourth-order valence-electron chi connectivity index (χ4n) is 2.05. The first-order chi connectivity index (χ1) is 8.83. The highest BCUT2D eigenvalue weighted by molar-refractivity contribution is 4.68. The molecule has 1 aliphatic heterocycles. The molecule has 1 saturated heterocycles. The molecular weight excluding hydrogens is 234 g/mol. The second-order valence-electron chi connectivity index (χ2n) is 4.80. The minimum absolute atomic E-state index is 0.314. The molecule has 5 nitrogen and oxygen atoms in total. The summed E-state index contributed by atoms with van der Waals surface area (Å²) >= 11 is 0. The molecule has 0 saturated carbocycles. The molecule has 0 aromatic heterocycles. The maximum Gasteiger partial charge on any atom is 0.101 e. The van der Waals surface area contributed by atoms with Crippen molar-refractivity contribution >= 4 is 0 Å². The van der Waals surface area contributed by atoms with E-state index in [4.69, 9.17) is 14.2 Å². The number of hydrogen-bond donors (Lipinski definition) is 2. The highest BCUT2D eigenvalue weighted by atomic mass is 16.5. The number of ether oxygens (including phenoxy) is 3. The lowest BCUT2D eigenvalue weighted by Gasteiger charge is -2.22. The number of aliphatic hydroxyl groups is 1. The third-order valence-electron chi connectivity index (χ3n) is 3.12. The lowest BCUT2D eigenvalue weighted by molar-refractivity contribution is -0.0302. The van der Waals surface area contributed by atoms with E-state index in [1.165, 1.54) is 12.8 Å². The molecular formula is C13H27NO4. The van der Waals surface area contributed by atoms with Crippen LogP contribution in [0.5, 0.6) is 0 Å². The van der Waals surface area contributed by atoms with E-state index in [0.717, 1.165) is 32.0 Å². The molecule has 5 heteroatoms. The third kappa shape index (κ3) is 8.00. The van der Waals surface area contributed by atoms with Crippen molar-refractivity contribution < 1.29 is 19.3 Å². The van der Waals surface area contributed by atoms with E-state index >= 15 is 0 Å². The first-order valence-electron chi connectivity index (χ1n) is 6.86. The summed E-state index contributed by atoms with van der Waals surface area (Å²) in [7, 11) is 1.63. The molecule has 0 spiro atoms. The Morgan fingerprint density at radius 2 is 2.00 bits per heavy atom. The van der Waals surface area contributed by atoms with Crippen LogP contribution in [0, 0.1) is 5.92 Å². The lowest BCUT2D eigenvalue weighted by Crippen LogP contribution is -2.30. The summed E-state index contributed by atoms with van der Waals surface area (Å²) in [6.07, 6.45) is 3.09. The lowest BCUT2D eigenvalue weighted by atomic mass is 9.97. The standard InChI is InChI=1S/C13H27NO4/c1-16-7-8-18-11-13(15)10-17-6-4-12-3-2-5-14-9-12/h12-15H,2-11H2,1H3. The van der Waals surface area contributed by atoms with Crippen molar-refractivity contribution in [3.63, 3.8) is 0 Å². The van der Waals surface area contributed by atoms with Gasteiger partial charge in [-0.05, 0) is 38.3 Å². The van der Waals surface area contributed by atoms with Crippen molar-refractivity contribution in [1.82, 2.24) is 5.32 Å². The van der Waals surface area contributed by atoms with Crippen LogP contribution in [0.2, 0.25) is 0 Å². The Morgan fingerprint density at radius 1 is 1.22 bits per heavy atom. The minimum Gasteiger partial charge on any atom is -0.388 e. The van der Waals surface area contributed by atoms with Crippen molar-refractivity contribution in [2.75, 3.05) is 53.2 Å². The van der Waals surface area contributed by atoms with Gasteiger partial charge in [0.05, 0.1) is 26.4 Å². The first kappa shape index (κ1) is 15.9. The molecule has 2 unspecified atom stereocenters. The van der Waals surface area contributed by atoms with Gasteiger partial charge in [-0.1, -0.05) is 0 Å². The van der Waals surface area contributed by atoms with Crippen LogP contribution in [-0.2, 0) is 14.2 Å². The summed E-state index contributed by atoms with van der Waals surface area (Å²) in [6.45, 7) is 4.72. The third-order valence-corrected chi connectivity index (χ3v) is 3.12. The maximum atomic E-state index is 9.58. The second kappa shape index (κ2) is 10.7. The molecule has 1 heterocycles. The predicted octanol–water partition coefficient (Wildman–Crippen LogP) is 0.417. The topological polar surface area (TPSA) is 60.0 Å². The molecule has 2 N–H and O–H groups in total. The highest BCUT2D eigenvalue weighted by Gasteiger charge is 2.12. The van der Waals surface area contributed by atoms with Gasteiger partial charge in [-0.3, -0.25) is 0 Å². The van der Waals surface area contributed by atoms with Crippen molar-refractivity contribution in [2.24, 2.45) is 5.92 Å². The zero-order chi connectivity index (χ0) is 13.1. The zero-order valence-electron chi connectivity index (χ0n) is 11.4. The van der Waals surface area contributed by atoms with Gasteiger partial charge in [-0.2, -0.15) is 0 Å². The van der Waals surface area contributed by atoms with Crippen LogP contribution in [0.1, 0.15) is 19.3 Å². The fraction of sp³-hybridized carbons (Fsp3) is 1.00. The van der Waals surface area contributed by atoms with Crippen LogP contribution in [0.4, 0.5) is 0 Å². The summed E-state index contributed by atoms with van der Waals surface area (Å²) < 4.78 is 15.5. The van der Waals surface area contributed by atoms with Gasteiger partial charge in [-0.25, -0.2) is 0 Å². The largest absolute Gasteiger partial charge is 0.388 e. The number of aliphatic hydroxyl groups excluding tert-OH is 1. The molecule has 0 amide bonds. The van der Waals surface area contributed by atoms with Crippen molar-refractivity contribution in [2.45, 2.75) is 25.4 Å². The molecule has 0 aromatic carbocycles. The zero-order valence-corrected chi connectivity index (χ0v) is 11.4. The van der Waals surface area contributed by atoms with Gasteiger partial charge in [0, 0.05) is 13.7 Å². The van der Waals surface area contributed by atoms with Gasteiger partial charge in [0.2, 0.25) is 0 Å². The van der Waals surface area contributed by atoms with Crippen molar-refractivity contribution in [3.8, 4) is 0 Å². The Bertz CT molecular complexity index is 186. The predicted molar refractivity (Wildman–Crippen MR) is 69.7 cm³/mol. The van der Waals surface area contributed by atoms with Crippen molar-refractivity contribution in [1.29, 1.82) is 0 Å². The average Bonchev–Trinajstić information content (AvgIpc) is 2.41. The Kier molecular flexibility index (Phi) is 9.42. The van der Waals surface area contributed by atoms with Gasteiger partial charge in [0.15, 0.2) is 0 Å². The molecule has 1 aliphatic rings. The smallest absolute Gasteiger partial charge is 0.101 e. The number of hydrogen-bond acceptors (Lipinski definition) is 5. The minimum atomic E-state index is -0.536. The van der Waals surface area contributed by atoms with Gasteiger partial charge in [0.1, 0.15) is 6.10 Å². The molecule has 0 bridgehead atoms. The summed E-state index contributed by atoms with van der Waals surface area (Å²) in [5.74, 6) is 0.730. The van der Waals surface area contributed by atoms with E-state index in [9.17, 15) is 5.11 Å². The monoisotopic (exact) mass is 261 g/mol. The van der Waals surface area contributed by atoms with Gasteiger partial charge < -0.3 is 24.6 Å². The fourth-order valence-corrected chi connectivity index (χ4v) is 2.05. The van der Waals surface area contributed by atoms with Crippen LogP contribution < -0.4 is 5.32 Å². The van der Waals surface area contributed by atoms with E-state index in [1.54, 1.807) is 7.11 Å². The molecule has 108 valence electrons. The molecule has 0 aromatic rings. The van der Waals surface area contributed by atoms with Crippen LogP contribution in [-0.4, -0.2) is 64.4 Å². The summed E-state index contributed by atoms with van der Waals surface area (Å²) in [4.78, 5) is 0. The molecule has 18 heavy (non-hydrogen) atoms. The number of nitrogens with one attached hydrogen (secondary N) is 1. The van der Waals surface area contributed by atoms with E-state index in [2.05, 4.69) is 5.32 Å². The normalized spacial score (nSPS) is 22.0. The van der Waals surface area contributed by atoms with E-state index < -0.39 is 6.10 Å². The number of piperidine rings is 1. The van der Waals surface area contributed by atoms with E-state index in [-0.39, 0.29) is 0 Å². The Labute approximate surface area is 110 Å². The molecule has 2 atom stereocenters. The van der Waals surface area contributed by atoms with Crippen LogP contribution in [0.15, 0.2) is 0 Å². The van der Waals surface area contributed by atoms with Crippen LogP contribution in [0.3, 0.4) is 0 Å².